The minimum Gasteiger partial charge on any atom is -0.356 e. The Bertz CT molecular complexity index is 1000. The quantitative estimate of drug-likeness (QED) is 0.542. The summed E-state index contributed by atoms with van der Waals surface area (Å²) in [4.78, 5) is 17.5. The zero-order valence-corrected chi connectivity index (χ0v) is 22.0. The smallest absolute Gasteiger partial charge is 0.285 e. The van der Waals surface area contributed by atoms with Gasteiger partial charge in [0.15, 0.2) is 0 Å². The summed E-state index contributed by atoms with van der Waals surface area (Å²) in [7, 11) is -3.73. The van der Waals surface area contributed by atoms with Crippen LogP contribution in [0.1, 0.15) is 64.0 Å². The molecule has 3 rings (SSSR count). The molecule has 34 heavy (non-hydrogen) atoms. The van der Waals surface area contributed by atoms with Gasteiger partial charge in [-0.25, -0.2) is 0 Å². The van der Waals surface area contributed by atoms with Gasteiger partial charge in [0, 0.05) is 37.7 Å². The maximum absolute atomic E-state index is 13.0. The molecule has 1 N–H and O–H groups in total. The molecule has 0 bridgehead atoms. The van der Waals surface area contributed by atoms with E-state index in [0.29, 0.717) is 55.2 Å². The van der Waals surface area contributed by atoms with Crippen molar-refractivity contribution in [3.05, 3.63) is 41.0 Å². The molecule has 1 aromatic carbocycles. The summed E-state index contributed by atoms with van der Waals surface area (Å²) in [6, 6.07) is 7.57. The second kappa shape index (κ2) is 12.0. The number of nitrogens with zero attached hydrogens (tertiary/aromatic N) is 3. The zero-order chi connectivity index (χ0) is 24.7. The average molecular weight is 489 g/mol. The van der Waals surface area contributed by atoms with Crippen molar-refractivity contribution in [3.8, 4) is 0 Å². The normalized spacial score (nSPS) is 18.5. The summed E-state index contributed by atoms with van der Waals surface area (Å²) in [5.74, 6) is 0.637. The van der Waals surface area contributed by atoms with Crippen LogP contribution in [0.25, 0.3) is 4.91 Å². The van der Waals surface area contributed by atoms with Crippen molar-refractivity contribution in [2.45, 2.75) is 59.8 Å². The molecule has 0 aliphatic carbocycles. The van der Waals surface area contributed by atoms with Crippen LogP contribution in [0.2, 0.25) is 0 Å². The fourth-order valence-corrected chi connectivity index (χ4v) is 6.40. The van der Waals surface area contributed by atoms with Crippen molar-refractivity contribution in [2.24, 2.45) is 10.3 Å². The maximum atomic E-state index is 13.0. The fraction of sp³-hybridized carbons (Fsp3) is 0.615. The molecule has 8 heteroatoms. The predicted octanol–water partition coefficient (Wildman–Crippen LogP) is 3.81. The highest BCUT2D eigenvalue weighted by Gasteiger charge is 2.36. The molecule has 1 saturated heterocycles. The molecule has 0 radical (unpaired) electrons. The fourth-order valence-electron chi connectivity index (χ4n) is 4.87. The van der Waals surface area contributed by atoms with E-state index in [4.69, 9.17) is 0 Å². The number of piperidine rings is 1. The van der Waals surface area contributed by atoms with Crippen LogP contribution in [0.3, 0.4) is 0 Å². The number of aryl methyl sites for hydroxylation is 1. The van der Waals surface area contributed by atoms with E-state index < -0.39 is 10.0 Å². The van der Waals surface area contributed by atoms with E-state index in [1.165, 1.54) is 0 Å². The number of hydrogen-bond donors (Lipinski definition) is 1. The first-order chi connectivity index (χ1) is 16.3. The van der Waals surface area contributed by atoms with Crippen LogP contribution < -0.4 is 5.32 Å². The van der Waals surface area contributed by atoms with Crippen molar-refractivity contribution < 1.29 is 13.2 Å². The summed E-state index contributed by atoms with van der Waals surface area (Å²) in [6.45, 7) is 13.3. The number of benzene rings is 1. The van der Waals surface area contributed by atoms with Crippen LogP contribution in [-0.2, 0) is 14.8 Å². The van der Waals surface area contributed by atoms with Gasteiger partial charge in [0.2, 0.25) is 5.91 Å². The lowest BCUT2D eigenvalue weighted by Gasteiger charge is -2.33. The summed E-state index contributed by atoms with van der Waals surface area (Å²) < 4.78 is 30.1. The summed E-state index contributed by atoms with van der Waals surface area (Å²) in [5.41, 5.74) is 2.55. The molecule has 188 valence electrons. The van der Waals surface area contributed by atoms with E-state index in [2.05, 4.69) is 28.5 Å². The van der Waals surface area contributed by atoms with Gasteiger partial charge in [0.05, 0.1) is 0 Å². The van der Waals surface area contributed by atoms with E-state index in [-0.39, 0.29) is 11.8 Å². The van der Waals surface area contributed by atoms with Crippen molar-refractivity contribution in [1.29, 1.82) is 0 Å². The van der Waals surface area contributed by atoms with Gasteiger partial charge >= 0.3 is 0 Å². The number of sulfonamides is 1. The lowest BCUT2D eigenvalue weighted by Crippen LogP contribution is -2.44. The minimum atomic E-state index is -3.73. The number of nitrogens with one attached hydrogen (secondary N) is 1. The van der Waals surface area contributed by atoms with E-state index in [0.717, 1.165) is 43.6 Å². The zero-order valence-electron chi connectivity index (χ0n) is 21.1. The van der Waals surface area contributed by atoms with Crippen LogP contribution >= 0.6 is 0 Å². The number of amidine groups is 1. The van der Waals surface area contributed by atoms with Crippen LogP contribution in [0.4, 0.5) is 0 Å². The topological polar surface area (TPSA) is 82.1 Å². The van der Waals surface area contributed by atoms with Crippen LogP contribution in [0.5, 0.6) is 0 Å². The average Bonchev–Trinajstić information content (AvgIpc) is 3.10. The molecule has 1 aromatic rings. The molecule has 1 fully saturated rings. The number of amides is 1. The summed E-state index contributed by atoms with van der Waals surface area (Å²) in [5, 5.41) is 3.12. The highest BCUT2D eigenvalue weighted by atomic mass is 32.2. The standard InChI is InChI=1S/C26H40N4O3S/c1-5-15-29(16-6-2)19-14-27-26(31)22-12-17-30(18-13-22)25-23(7-3)24(34(32,33)28-25)21-10-8-20(4)9-11-21/h8-11,22H,5-7,12-19H2,1-4H3,(H,27,31). The highest BCUT2D eigenvalue weighted by molar-refractivity contribution is 8.00. The van der Waals surface area contributed by atoms with Gasteiger partial charge in [-0.15, -0.1) is 4.40 Å². The number of rotatable bonds is 10. The Kier molecular flexibility index (Phi) is 9.31. The van der Waals surface area contributed by atoms with Gasteiger partial charge in [-0.1, -0.05) is 50.6 Å². The van der Waals surface area contributed by atoms with Gasteiger partial charge in [-0.05, 0) is 57.7 Å². The number of carbonyl (C=O) groups is 1. The van der Waals surface area contributed by atoms with Crippen LogP contribution in [0, 0.1) is 12.8 Å². The third-order valence-corrected chi connectivity index (χ3v) is 8.06. The molecular weight excluding hydrogens is 448 g/mol. The molecule has 7 nitrogen and oxygen atoms in total. The van der Waals surface area contributed by atoms with Gasteiger partial charge in [-0.2, -0.15) is 8.42 Å². The van der Waals surface area contributed by atoms with Crippen LogP contribution in [-0.4, -0.2) is 69.2 Å². The monoisotopic (exact) mass is 488 g/mol. The van der Waals surface area contributed by atoms with Gasteiger partial charge in [0.1, 0.15) is 10.7 Å². The Hall–Kier alpha value is -2.19. The number of likely N-dealkylation sites (tertiary alicyclic amines) is 1. The van der Waals surface area contributed by atoms with E-state index in [1.807, 2.05) is 43.0 Å². The molecule has 1 amide bonds. The van der Waals surface area contributed by atoms with E-state index in [9.17, 15) is 13.2 Å². The third kappa shape index (κ3) is 6.27. The second-order valence-electron chi connectivity index (χ2n) is 9.31. The molecule has 0 unspecified atom stereocenters. The number of carbonyl (C=O) groups excluding carboxylic acids is 1. The molecule has 0 atom stereocenters. The van der Waals surface area contributed by atoms with Gasteiger partial charge < -0.3 is 15.1 Å². The summed E-state index contributed by atoms with van der Waals surface area (Å²) in [6.07, 6.45) is 4.23. The Morgan fingerprint density at radius 2 is 1.68 bits per heavy atom. The predicted molar refractivity (Wildman–Crippen MR) is 139 cm³/mol. The third-order valence-electron chi connectivity index (χ3n) is 6.65. The first-order valence-corrected chi connectivity index (χ1v) is 14.1. The van der Waals surface area contributed by atoms with Gasteiger partial charge in [-0.3, -0.25) is 4.79 Å². The van der Waals surface area contributed by atoms with Crippen LogP contribution in [0.15, 0.2) is 34.2 Å². The largest absolute Gasteiger partial charge is 0.356 e. The van der Waals surface area contributed by atoms with E-state index >= 15 is 0 Å². The molecule has 2 heterocycles. The SMILES string of the molecule is CCCN(CCC)CCNC(=O)C1CCN(C2=NS(=O)(=O)C(c3ccc(C)cc3)=C2CC)CC1. The molecular formula is C26H40N4O3S. The number of hydrogen-bond acceptors (Lipinski definition) is 5. The molecule has 0 saturated carbocycles. The molecule has 0 aromatic heterocycles. The van der Waals surface area contributed by atoms with Crippen molar-refractivity contribution in [3.63, 3.8) is 0 Å². The Labute approximate surface area is 205 Å². The minimum absolute atomic E-state index is 0.0358. The summed E-state index contributed by atoms with van der Waals surface area (Å²) >= 11 is 0. The molecule has 2 aliphatic rings. The molecule has 0 spiro atoms. The van der Waals surface area contributed by atoms with Crippen molar-refractivity contribution >= 4 is 26.7 Å². The highest BCUT2D eigenvalue weighted by Crippen LogP contribution is 2.36. The first-order valence-electron chi connectivity index (χ1n) is 12.7. The Balaban J connectivity index is 1.61. The lowest BCUT2D eigenvalue weighted by atomic mass is 9.95. The Morgan fingerprint density at radius 1 is 1.06 bits per heavy atom. The maximum Gasteiger partial charge on any atom is 0.285 e. The van der Waals surface area contributed by atoms with Gasteiger partial charge in [0.25, 0.3) is 10.0 Å². The van der Waals surface area contributed by atoms with E-state index in [1.54, 1.807) is 0 Å². The molecule has 2 aliphatic heterocycles. The Morgan fingerprint density at radius 3 is 2.24 bits per heavy atom. The first kappa shape index (κ1) is 26.4. The van der Waals surface area contributed by atoms with Crippen molar-refractivity contribution in [2.75, 3.05) is 39.3 Å². The van der Waals surface area contributed by atoms with Crippen molar-refractivity contribution in [1.82, 2.24) is 15.1 Å². The second-order valence-corrected chi connectivity index (χ2v) is 10.9. The lowest BCUT2D eigenvalue weighted by molar-refractivity contribution is -0.126.